The van der Waals surface area contributed by atoms with E-state index in [1.165, 1.54) is 0 Å². The number of fused-ring (bicyclic) bond motifs is 1. The zero-order valence-corrected chi connectivity index (χ0v) is 19.8. The Hall–Kier alpha value is -2.43. The van der Waals surface area contributed by atoms with E-state index in [4.69, 9.17) is 21.0 Å². The summed E-state index contributed by atoms with van der Waals surface area (Å²) in [4.78, 5) is 21.4. The smallest absolute Gasteiger partial charge is 0.308 e. The van der Waals surface area contributed by atoms with Gasteiger partial charge >= 0.3 is 6.01 Å². The zero-order chi connectivity index (χ0) is 21.8. The van der Waals surface area contributed by atoms with Crippen LogP contribution in [0, 0.1) is 0 Å². The van der Waals surface area contributed by atoms with Gasteiger partial charge in [-0.25, -0.2) is 8.10 Å². The second-order valence-electron chi connectivity index (χ2n) is 7.06. The summed E-state index contributed by atoms with van der Waals surface area (Å²) < 4.78 is 9.94. The summed E-state index contributed by atoms with van der Waals surface area (Å²) in [5.41, 5.74) is 3.34. The van der Waals surface area contributed by atoms with Gasteiger partial charge in [-0.2, -0.15) is 4.98 Å². The number of hydrogen-bond donors (Lipinski definition) is 1. The van der Waals surface area contributed by atoms with Crippen molar-refractivity contribution in [2.24, 2.45) is 0 Å². The fourth-order valence-electron chi connectivity index (χ4n) is 3.22. The van der Waals surface area contributed by atoms with Crippen LogP contribution in [0.5, 0.6) is 0 Å². The van der Waals surface area contributed by atoms with Crippen molar-refractivity contribution in [3.05, 3.63) is 65.6 Å². The third-order valence-corrected chi connectivity index (χ3v) is 5.52. The Balaban J connectivity index is 1.61. The first-order valence-electron chi connectivity index (χ1n) is 9.83. The number of halogens is 2. The molecule has 2 heterocycles. The lowest BCUT2D eigenvalue weighted by molar-refractivity contribution is -0.121. The minimum absolute atomic E-state index is 0.0219. The maximum Gasteiger partial charge on any atom is 0.308 e. The molecule has 0 spiro atoms. The van der Waals surface area contributed by atoms with Crippen LogP contribution in [0.4, 0.5) is 0 Å². The van der Waals surface area contributed by atoms with Gasteiger partial charge in [0.15, 0.2) is 0 Å². The number of oxazole rings is 1. The largest absolute Gasteiger partial charge is 0.427 e. The Bertz CT molecular complexity index is 1190. The molecule has 0 aliphatic carbocycles. The first-order valence-corrected chi connectivity index (χ1v) is 11.2. The average molecular weight is 550 g/mol. The van der Waals surface area contributed by atoms with Crippen molar-refractivity contribution in [1.82, 2.24) is 23.0 Å². The second kappa shape index (κ2) is 9.80. The van der Waals surface area contributed by atoms with E-state index in [0.29, 0.717) is 41.9 Å². The van der Waals surface area contributed by atoms with E-state index in [0.717, 1.165) is 23.1 Å². The van der Waals surface area contributed by atoms with Gasteiger partial charge in [0.05, 0.1) is 11.0 Å². The highest BCUT2D eigenvalue weighted by Crippen LogP contribution is 2.29. The van der Waals surface area contributed by atoms with Gasteiger partial charge in [0.1, 0.15) is 17.8 Å². The Morgan fingerprint density at radius 3 is 2.77 bits per heavy atom. The molecule has 7 nitrogen and oxygen atoms in total. The van der Waals surface area contributed by atoms with Crippen molar-refractivity contribution in [2.45, 2.75) is 12.8 Å². The highest BCUT2D eigenvalue weighted by atomic mass is 127. The van der Waals surface area contributed by atoms with Crippen molar-refractivity contribution in [3.8, 4) is 17.3 Å². The lowest BCUT2D eigenvalue weighted by atomic mass is 10.1. The van der Waals surface area contributed by atoms with Crippen molar-refractivity contribution in [2.75, 3.05) is 20.1 Å². The summed E-state index contributed by atoms with van der Waals surface area (Å²) in [6.45, 7) is 1.38. The lowest BCUT2D eigenvalue weighted by Crippen LogP contribution is -2.29. The lowest BCUT2D eigenvalue weighted by Gasteiger charge is -2.08. The molecule has 0 aliphatic heterocycles. The number of imidazole rings is 1. The molecular weight excluding hydrogens is 529 g/mol. The van der Waals surface area contributed by atoms with Crippen LogP contribution < -0.4 is 5.32 Å². The highest BCUT2D eigenvalue weighted by Gasteiger charge is 2.19. The number of rotatable bonds is 8. The molecule has 1 N–H and O–H groups in total. The number of nitrogens with zero attached hydrogens (tertiary/aromatic N) is 4. The van der Waals surface area contributed by atoms with Crippen molar-refractivity contribution < 1.29 is 9.21 Å². The van der Waals surface area contributed by atoms with Gasteiger partial charge in [-0.3, -0.25) is 9.36 Å². The van der Waals surface area contributed by atoms with Gasteiger partial charge in [-0.1, -0.05) is 35.9 Å². The quantitative estimate of drug-likeness (QED) is 0.256. The summed E-state index contributed by atoms with van der Waals surface area (Å²) in [5, 5.41) is 3.58. The number of carbonyl (C=O) groups is 1. The summed E-state index contributed by atoms with van der Waals surface area (Å²) in [6, 6.07) is 15.6. The summed E-state index contributed by atoms with van der Waals surface area (Å²) in [5.74, 6) is 0.627. The molecule has 2 aromatic carbocycles. The summed E-state index contributed by atoms with van der Waals surface area (Å²) in [7, 11) is 1.96. The van der Waals surface area contributed by atoms with Gasteiger partial charge in [0.2, 0.25) is 5.91 Å². The molecule has 0 aliphatic rings. The van der Waals surface area contributed by atoms with E-state index in [9.17, 15) is 4.79 Å². The average Bonchev–Trinajstić information content (AvgIpc) is 3.36. The topological polar surface area (TPSA) is 76.2 Å². The number of nitrogens with one attached hydrogen (secondary N) is 1. The highest BCUT2D eigenvalue weighted by molar-refractivity contribution is 14.1. The number of aromatic nitrogens is 3. The normalized spacial score (nSPS) is 11.4. The molecule has 9 heteroatoms. The predicted molar refractivity (Wildman–Crippen MR) is 130 cm³/mol. The molecule has 4 aromatic rings. The van der Waals surface area contributed by atoms with Gasteiger partial charge in [-0.05, 0) is 31.3 Å². The first kappa shape index (κ1) is 21.8. The monoisotopic (exact) mass is 549 g/mol. The zero-order valence-electron chi connectivity index (χ0n) is 16.9. The Kier molecular flexibility index (Phi) is 6.89. The number of aryl methyl sites for hydroxylation is 1. The van der Waals surface area contributed by atoms with E-state index in [2.05, 4.69) is 33.2 Å². The molecule has 0 unspecified atom stereocenters. The number of carbonyl (C=O) groups excluding carboxylic acids is 1. The van der Waals surface area contributed by atoms with Gasteiger partial charge in [0.25, 0.3) is 0 Å². The minimum Gasteiger partial charge on any atom is -0.427 e. The molecular formula is C22H21ClIN5O2. The molecule has 4 rings (SSSR count). The van der Waals surface area contributed by atoms with Crippen LogP contribution in [-0.4, -0.2) is 43.7 Å². The summed E-state index contributed by atoms with van der Waals surface area (Å²) >= 11 is 8.24. The van der Waals surface area contributed by atoms with Crippen LogP contribution in [0.2, 0.25) is 5.02 Å². The molecule has 0 saturated carbocycles. The van der Waals surface area contributed by atoms with Crippen molar-refractivity contribution in [1.29, 1.82) is 0 Å². The van der Waals surface area contributed by atoms with E-state index in [1.807, 2.05) is 63.3 Å². The maximum absolute atomic E-state index is 12.3. The molecule has 0 bridgehead atoms. The molecule has 0 fully saturated rings. The molecule has 0 saturated heterocycles. The molecule has 160 valence electrons. The second-order valence-corrected chi connectivity index (χ2v) is 9.14. The predicted octanol–water partition coefficient (Wildman–Crippen LogP) is 4.66. The maximum atomic E-state index is 12.3. The molecule has 0 radical (unpaired) electrons. The number of likely N-dealkylation sites (N-methyl/N-ethyl adjacent to an activating group) is 1. The third-order valence-electron chi connectivity index (χ3n) is 4.78. The van der Waals surface area contributed by atoms with Crippen LogP contribution in [0.3, 0.4) is 0 Å². The molecule has 2 aromatic heterocycles. The summed E-state index contributed by atoms with van der Waals surface area (Å²) in [6.07, 6.45) is 2.44. The molecule has 0 atom stereocenters. The van der Waals surface area contributed by atoms with E-state index >= 15 is 0 Å². The number of amides is 1. The number of para-hydroxylation sites is 2. The fourth-order valence-corrected chi connectivity index (χ4v) is 3.59. The van der Waals surface area contributed by atoms with Gasteiger partial charge in [-0.15, -0.1) is 0 Å². The van der Waals surface area contributed by atoms with Crippen molar-refractivity contribution >= 4 is 51.4 Å². The van der Waals surface area contributed by atoms with Crippen LogP contribution in [0.15, 0.2) is 59.3 Å². The molecule has 31 heavy (non-hydrogen) atoms. The van der Waals surface area contributed by atoms with E-state index in [-0.39, 0.29) is 5.91 Å². The molecule has 1 amide bonds. The minimum atomic E-state index is -0.0219. The first-order chi connectivity index (χ1) is 15.0. The van der Waals surface area contributed by atoms with Gasteiger partial charge < -0.3 is 9.73 Å². The third kappa shape index (κ3) is 5.25. The number of hydrogen-bond acceptors (Lipinski definition) is 5. The van der Waals surface area contributed by atoms with Crippen molar-refractivity contribution in [3.63, 3.8) is 0 Å². The van der Waals surface area contributed by atoms with E-state index < -0.39 is 0 Å². The van der Waals surface area contributed by atoms with Crippen LogP contribution >= 0.6 is 34.5 Å². The van der Waals surface area contributed by atoms with E-state index in [1.54, 1.807) is 6.33 Å². The SMILES string of the molecule is CN(I)CCNC(=O)CCc1oc(-n2cnc3ccccc32)nc1-c1ccc(Cl)cc1. The fraction of sp³-hybridized carbons (Fsp3) is 0.227. The Morgan fingerprint density at radius 1 is 1.23 bits per heavy atom. The van der Waals surface area contributed by atoms with Crippen LogP contribution in [0.25, 0.3) is 28.3 Å². The number of benzene rings is 2. The standard InChI is InChI=1S/C22H21ClIN5O2/c1-28(24)13-12-25-20(30)11-10-19-21(15-6-8-16(23)9-7-15)27-22(31-19)29-14-26-17-4-2-3-5-18(17)29/h2-9,14H,10-13H2,1H3,(H,25,30). The van der Waals surface area contributed by atoms with Gasteiger partial charge in [0, 0.05) is 59.4 Å². The van der Waals surface area contributed by atoms with Crippen LogP contribution in [0.1, 0.15) is 12.2 Å². The van der Waals surface area contributed by atoms with Crippen LogP contribution in [-0.2, 0) is 11.2 Å². The Morgan fingerprint density at radius 2 is 2.00 bits per heavy atom. The Labute approximate surface area is 198 Å².